The fraction of sp³-hybridized carbons (Fsp3) is 0.480. The summed E-state index contributed by atoms with van der Waals surface area (Å²) in [5.74, 6) is -3.45. The molecule has 0 spiro atoms. The zero-order valence-electron chi connectivity index (χ0n) is 18.3. The fourth-order valence-electron chi connectivity index (χ4n) is 5.58. The maximum absolute atomic E-state index is 14.3. The van der Waals surface area contributed by atoms with E-state index >= 15 is 0 Å². The van der Waals surface area contributed by atoms with Crippen LogP contribution in [0, 0.1) is 28.8 Å². The molecule has 4 aliphatic rings. The molecule has 3 heterocycles. The van der Waals surface area contributed by atoms with Crippen molar-refractivity contribution in [2.24, 2.45) is 11.3 Å². The highest BCUT2D eigenvalue weighted by atomic mass is 19.2. The maximum atomic E-state index is 14.3. The second-order valence-electron chi connectivity index (χ2n) is 9.96. The maximum Gasteiger partial charge on any atom is 0.407 e. The van der Waals surface area contributed by atoms with Gasteiger partial charge in [0.2, 0.25) is 0 Å². The molecule has 2 bridgehead atoms. The van der Waals surface area contributed by atoms with Gasteiger partial charge >= 0.3 is 6.09 Å². The molecule has 2 aromatic rings. The standard InChI is InChI=1S/C25H27F3N2O2/c1-25(2)12-16-11-15(17-5-6-19(26)22(28)21(17)27)3-4-18(16)23(25)29-24(31)32-20-13-30-9-7-14(20)8-10-30/h3-6,11,14,20,23H,7-10,12-13H2,1-2H3,(H,29,31)/t20-,23?/m1/s1. The Kier molecular flexibility index (Phi) is 5.19. The van der Waals surface area contributed by atoms with Crippen molar-refractivity contribution >= 4 is 6.09 Å². The van der Waals surface area contributed by atoms with E-state index in [4.69, 9.17) is 4.74 Å². The predicted octanol–water partition coefficient (Wildman–Crippen LogP) is 5.21. The summed E-state index contributed by atoms with van der Waals surface area (Å²) in [4.78, 5) is 15.1. The smallest absolute Gasteiger partial charge is 0.407 e. The molecule has 3 saturated heterocycles. The van der Waals surface area contributed by atoms with Gasteiger partial charge in [-0.2, -0.15) is 0 Å². The first-order valence-corrected chi connectivity index (χ1v) is 11.2. The molecule has 1 amide bonds. The summed E-state index contributed by atoms with van der Waals surface area (Å²) >= 11 is 0. The average molecular weight is 444 g/mol. The van der Waals surface area contributed by atoms with Crippen LogP contribution in [0.1, 0.15) is 43.9 Å². The number of fused-ring (bicyclic) bond motifs is 4. The summed E-state index contributed by atoms with van der Waals surface area (Å²) in [7, 11) is 0. The lowest BCUT2D eigenvalue weighted by molar-refractivity contribution is -0.0348. The third-order valence-electron chi connectivity index (χ3n) is 7.34. The number of hydrogen-bond donors (Lipinski definition) is 1. The minimum absolute atomic E-state index is 0.0164. The number of piperidine rings is 3. The lowest BCUT2D eigenvalue weighted by atomic mass is 9.85. The van der Waals surface area contributed by atoms with E-state index in [1.807, 2.05) is 6.07 Å². The molecule has 3 fully saturated rings. The quantitative estimate of drug-likeness (QED) is 0.661. The lowest BCUT2D eigenvalue weighted by Crippen LogP contribution is -2.53. The van der Waals surface area contributed by atoms with Gasteiger partial charge in [-0.25, -0.2) is 18.0 Å². The van der Waals surface area contributed by atoms with Gasteiger partial charge in [0.15, 0.2) is 17.5 Å². The molecule has 3 aliphatic heterocycles. The van der Waals surface area contributed by atoms with E-state index in [-0.39, 0.29) is 23.1 Å². The highest BCUT2D eigenvalue weighted by molar-refractivity contribution is 5.70. The Hall–Kier alpha value is -2.54. The zero-order chi connectivity index (χ0) is 22.6. The van der Waals surface area contributed by atoms with Crippen LogP contribution in [0.3, 0.4) is 0 Å². The Balaban J connectivity index is 1.35. The van der Waals surface area contributed by atoms with Crippen LogP contribution in [0.4, 0.5) is 18.0 Å². The van der Waals surface area contributed by atoms with Gasteiger partial charge < -0.3 is 10.1 Å². The summed E-state index contributed by atoms with van der Waals surface area (Å²) in [6.07, 6.45) is 2.32. The summed E-state index contributed by atoms with van der Waals surface area (Å²) < 4.78 is 47.1. The van der Waals surface area contributed by atoms with Crippen LogP contribution >= 0.6 is 0 Å². The Morgan fingerprint density at radius 2 is 1.84 bits per heavy atom. The van der Waals surface area contributed by atoms with Crippen molar-refractivity contribution in [3.63, 3.8) is 0 Å². The van der Waals surface area contributed by atoms with Crippen LogP contribution in [0.15, 0.2) is 30.3 Å². The SMILES string of the molecule is CC1(C)Cc2cc(-c3ccc(F)c(F)c3F)ccc2C1NC(=O)O[C@@H]1CN2CCC1CC2. The van der Waals surface area contributed by atoms with Crippen LogP contribution in [-0.2, 0) is 11.2 Å². The van der Waals surface area contributed by atoms with Crippen molar-refractivity contribution in [3.05, 3.63) is 58.9 Å². The topological polar surface area (TPSA) is 41.6 Å². The van der Waals surface area contributed by atoms with Gasteiger partial charge in [-0.3, -0.25) is 4.90 Å². The Labute approximate surface area is 185 Å². The molecule has 4 nitrogen and oxygen atoms in total. The largest absolute Gasteiger partial charge is 0.445 e. The lowest BCUT2D eigenvalue weighted by Gasteiger charge is -2.44. The van der Waals surface area contributed by atoms with Crippen molar-refractivity contribution in [1.82, 2.24) is 10.2 Å². The van der Waals surface area contributed by atoms with Crippen molar-refractivity contribution in [3.8, 4) is 11.1 Å². The number of carbonyl (C=O) groups is 1. The van der Waals surface area contributed by atoms with Gasteiger partial charge in [-0.1, -0.05) is 32.0 Å². The van der Waals surface area contributed by atoms with E-state index in [0.29, 0.717) is 17.9 Å². The van der Waals surface area contributed by atoms with E-state index in [2.05, 4.69) is 24.1 Å². The van der Waals surface area contributed by atoms with Crippen LogP contribution in [0.2, 0.25) is 0 Å². The van der Waals surface area contributed by atoms with Gasteiger partial charge in [0.25, 0.3) is 0 Å². The molecule has 2 atom stereocenters. The second kappa shape index (κ2) is 7.80. The molecule has 6 rings (SSSR count). The highest BCUT2D eigenvalue weighted by Crippen LogP contribution is 2.46. The number of nitrogens with one attached hydrogen (secondary N) is 1. The van der Waals surface area contributed by atoms with Crippen LogP contribution in [0.5, 0.6) is 0 Å². The van der Waals surface area contributed by atoms with Crippen LogP contribution in [-0.4, -0.2) is 36.7 Å². The first kappa shape index (κ1) is 21.3. The molecular weight excluding hydrogens is 417 g/mol. The molecule has 0 saturated carbocycles. The first-order chi connectivity index (χ1) is 15.2. The monoisotopic (exact) mass is 444 g/mol. The third-order valence-corrected chi connectivity index (χ3v) is 7.34. The summed E-state index contributed by atoms with van der Waals surface area (Å²) in [6, 6.07) is 7.24. The van der Waals surface area contributed by atoms with Gasteiger partial charge in [-0.05, 0) is 72.5 Å². The molecule has 0 radical (unpaired) electrons. The minimum Gasteiger partial charge on any atom is -0.445 e. The minimum atomic E-state index is -1.47. The van der Waals surface area contributed by atoms with E-state index < -0.39 is 23.5 Å². The predicted molar refractivity (Wildman–Crippen MR) is 115 cm³/mol. The number of ether oxygens (including phenoxy) is 1. The van der Waals surface area contributed by atoms with Gasteiger partial charge in [0, 0.05) is 12.1 Å². The summed E-state index contributed by atoms with van der Waals surface area (Å²) in [5.41, 5.74) is 2.10. The number of alkyl carbamates (subject to hydrolysis) is 1. The zero-order valence-corrected chi connectivity index (χ0v) is 18.3. The number of carbonyl (C=O) groups excluding carboxylic acids is 1. The van der Waals surface area contributed by atoms with Crippen molar-refractivity contribution < 1.29 is 22.7 Å². The molecule has 7 heteroatoms. The van der Waals surface area contributed by atoms with Crippen LogP contribution < -0.4 is 5.32 Å². The number of benzene rings is 2. The molecule has 1 unspecified atom stereocenters. The van der Waals surface area contributed by atoms with E-state index in [9.17, 15) is 18.0 Å². The number of halogens is 3. The number of nitrogens with zero attached hydrogens (tertiary/aromatic N) is 1. The Morgan fingerprint density at radius 1 is 1.09 bits per heavy atom. The Morgan fingerprint density at radius 3 is 2.53 bits per heavy atom. The number of amides is 1. The number of hydrogen-bond acceptors (Lipinski definition) is 3. The first-order valence-electron chi connectivity index (χ1n) is 11.2. The van der Waals surface area contributed by atoms with E-state index in [1.165, 1.54) is 6.07 Å². The van der Waals surface area contributed by atoms with Gasteiger partial charge in [0.05, 0.1) is 6.04 Å². The van der Waals surface area contributed by atoms with Crippen molar-refractivity contribution in [2.45, 2.75) is 45.3 Å². The molecule has 1 aliphatic carbocycles. The van der Waals surface area contributed by atoms with Crippen molar-refractivity contribution in [2.75, 3.05) is 19.6 Å². The fourth-order valence-corrected chi connectivity index (χ4v) is 5.58. The van der Waals surface area contributed by atoms with Crippen LogP contribution in [0.25, 0.3) is 11.1 Å². The Bertz CT molecular complexity index is 1060. The van der Waals surface area contributed by atoms with E-state index in [1.54, 1.807) is 12.1 Å². The summed E-state index contributed by atoms with van der Waals surface area (Å²) in [5, 5.41) is 3.06. The summed E-state index contributed by atoms with van der Waals surface area (Å²) in [6.45, 7) is 7.08. The average Bonchev–Trinajstić information content (AvgIpc) is 3.01. The molecule has 170 valence electrons. The molecule has 1 N–H and O–H groups in total. The van der Waals surface area contributed by atoms with Gasteiger partial charge in [0.1, 0.15) is 6.10 Å². The second-order valence-corrected chi connectivity index (χ2v) is 9.96. The highest BCUT2D eigenvalue weighted by Gasteiger charge is 2.42. The van der Waals surface area contributed by atoms with Crippen molar-refractivity contribution in [1.29, 1.82) is 0 Å². The normalized spacial score (nSPS) is 27.8. The molecule has 2 aromatic carbocycles. The third kappa shape index (κ3) is 3.66. The molecular formula is C25H27F3N2O2. The number of rotatable bonds is 3. The van der Waals surface area contributed by atoms with Gasteiger partial charge in [-0.15, -0.1) is 0 Å². The molecule has 0 aromatic heterocycles. The molecule has 32 heavy (non-hydrogen) atoms. The van der Waals surface area contributed by atoms with E-state index in [0.717, 1.165) is 49.7 Å².